The second kappa shape index (κ2) is 8.76. The molecule has 0 bridgehead atoms. The van der Waals surface area contributed by atoms with Crippen LogP contribution in [0.4, 0.5) is 13.2 Å². The first kappa shape index (κ1) is 18.5. The Kier molecular flexibility index (Phi) is 7.70. The summed E-state index contributed by atoms with van der Waals surface area (Å²) in [6.45, 7) is 7.43. The van der Waals surface area contributed by atoms with Gasteiger partial charge in [0.15, 0.2) is 0 Å². The van der Waals surface area contributed by atoms with Crippen LogP contribution in [0.5, 0.6) is 0 Å². The van der Waals surface area contributed by atoms with Crippen molar-refractivity contribution in [3.05, 3.63) is 33.8 Å². The van der Waals surface area contributed by atoms with E-state index in [0.29, 0.717) is 18.0 Å². The predicted octanol–water partition coefficient (Wildman–Crippen LogP) is 4.19. The molecule has 0 saturated carbocycles. The van der Waals surface area contributed by atoms with Crippen LogP contribution in [-0.2, 0) is 12.7 Å². The maximum absolute atomic E-state index is 12.8. The summed E-state index contributed by atoms with van der Waals surface area (Å²) < 4.78 is 38.4. The van der Waals surface area contributed by atoms with Gasteiger partial charge in [-0.2, -0.15) is 13.2 Å². The molecule has 1 aromatic carbocycles. The fraction of sp³-hybridized carbons (Fsp3) is 0.600. The molecule has 0 aliphatic carbocycles. The Morgan fingerprint density at radius 3 is 2.43 bits per heavy atom. The van der Waals surface area contributed by atoms with E-state index in [1.165, 1.54) is 12.1 Å². The van der Waals surface area contributed by atoms with Crippen LogP contribution in [-0.4, -0.2) is 19.6 Å². The van der Waals surface area contributed by atoms with E-state index in [0.717, 1.165) is 26.1 Å². The van der Waals surface area contributed by atoms with Crippen LogP contribution in [0, 0.1) is 5.92 Å². The second-order valence-electron chi connectivity index (χ2n) is 5.44. The minimum absolute atomic E-state index is 0.0802. The molecule has 21 heavy (non-hydrogen) atoms. The van der Waals surface area contributed by atoms with Crippen molar-refractivity contribution in [2.75, 3.05) is 19.6 Å². The van der Waals surface area contributed by atoms with E-state index < -0.39 is 11.7 Å². The van der Waals surface area contributed by atoms with E-state index in [2.05, 4.69) is 40.4 Å². The topological polar surface area (TPSA) is 24.1 Å². The normalized spacial score (nSPS) is 12.1. The third-order valence-electron chi connectivity index (χ3n) is 2.92. The molecule has 0 heterocycles. The summed E-state index contributed by atoms with van der Waals surface area (Å²) in [5, 5.41) is 6.49. The maximum Gasteiger partial charge on any atom is 0.417 e. The molecule has 0 spiro atoms. The van der Waals surface area contributed by atoms with Crippen LogP contribution in [0.1, 0.15) is 31.4 Å². The monoisotopic (exact) mass is 366 g/mol. The van der Waals surface area contributed by atoms with E-state index in [9.17, 15) is 13.2 Å². The lowest BCUT2D eigenvalue weighted by Crippen LogP contribution is -2.24. The maximum atomic E-state index is 12.8. The highest BCUT2D eigenvalue weighted by molar-refractivity contribution is 9.10. The quantitative estimate of drug-likeness (QED) is 0.674. The van der Waals surface area contributed by atoms with Gasteiger partial charge in [0.05, 0.1) is 5.56 Å². The molecular weight excluding hydrogens is 345 g/mol. The van der Waals surface area contributed by atoms with Gasteiger partial charge in [-0.15, -0.1) is 0 Å². The zero-order valence-electron chi connectivity index (χ0n) is 12.4. The lowest BCUT2D eigenvalue weighted by Gasteiger charge is -2.12. The molecule has 0 aliphatic heterocycles. The molecule has 1 rings (SSSR count). The van der Waals surface area contributed by atoms with Crippen molar-refractivity contribution in [1.29, 1.82) is 0 Å². The van der Waals surface area contributed by atoms with Gasteiger partial charge in [0.2, 0.25) is 0 Å². The summed E-state index contributed by atoms with van der Waals surface area (Å²) in [4.78, 5) is 0. The van der Waals surface area contributed by atoms with Crippen molar-refractivity contribution >= 4 is 15.9 Å². The van der Waals surface area contributed by atoms with Crippen LogP contribution in [0.2, 0.25) is 0 Å². The number of halogens is 4. The number of rotatable bonds is 8. The Morgan fingerprint density at radius 2 is 1.81 bits per heavy atom. The number of nitrogens with one attached hydrogen (secondary N) is 2. The summed E-state index contributed by atoms with van der Waals surface area (Å²) in [6.07, 6.45) is -3.37. The fourth-order valence-corrected chi connectivity index (χ4v) is 2.33. The molecule has 0 aromatic heterocycles. The Balaban J connectivity index is 2.33. The van der Waals surface area contributed by atoms with Crippen LogP contribution in [0.15, 0.2) is 22.7 Å². The predicted molar refractivity (Wildman–Crippen MR) is 83.2 cm³/mol. The largest absolute Gasteiger partial charge is 0.417 e. The first-order valence-electron chi connectivity index (χ1n) is 7.07. The van der Waals surface area contributed by atoms with Crippen molar-refractivity contribution < 1.29 is 13.2 Å². The molecule has 0 saturated heterocycles. The molecule has 0 unspecified atom stereocenters. The van der Waals surface area contributed by atoms with E-state index in [1.807, 2.05) is 0 Å². The van der Waals surface area contributed by atoms with Crippen molar-refractivity contribution in [2.45, 2.75) is 33.0 Å². The second-order valence-corrected chi connectivity index (χ2v) is 6.29. The Bertz CT molecular complexity index is 433. The van der Waals surface area contributed by atoms with Crippen molar-refractivity contribution in [2.24, 2.45) is 5.92 Å². The van der Waals surface area contributed by atoms with Crippen LogP contribution in [0.3, 0.4) is 0 Å². The summed E-state index contributed by atoms with van der Waals surface area (Å²) in [7, 11) is 0. The lowest BCUT2D eigenvalue weighted by molar-refractivity contribution is -0.138. The highest BCUT2D eigenvalue weighted by atomic mass is 79.9. The molecule has 0 fully saturated rings. The number of hydrogen-bond acceptors (Lipinski definition) is 2. The summed E-state index contributed by atoms with van der Waals surface area (Å²) in [5.74, 6) is 0.626. The van der Waals surface area contributed by atoms with E-state index in [4.69, 9.17) is 0 Å². The average Bonchev–Trinajstić information content (AvgIpc) is 2.37. The highest BCUT2D eigenvalue weighted by Gasteiger charge is 2.32. The zero-order valence-corrected chi connectivity index (χ0v) is 13.9. The van der Waals surface area contributed by atoms with Gasteiger partial charge in [-0.1, -0.05) is 35.8 Å². The van der Waals surface area contributed by atoms with Crippen molar-refractivity contribution in [3.63, 3.8) is 0 Å². The number of benzene rings is 1. The molecule has 6 heteroatoms. The number of hydrogen-bond donors (Lipinski definition) is 2. The molecule has 0 aliphatic rings. The SMILES string of the molecule is CC(C)CNCCCNCc1ccc(Br)c(C(F)(F)F)c1. The van der Waals surface area contributed by atoms with Gasteiger partial charge >= 0.3 is 6.18 Å². The van der Waals surface area contributed by atoms with Gasteiger partial charge < -0.3 is 10.6 Å². The van der Waals surface area contributed by atoms with E-state index >= 15 is 0 Å². The Hall–Kier alpha value is -0.590. The van der Waals surface area contributed by atoms with Crippen molar-refractivity contribution in [3.8, 4) is 0 Å². The molecule has 0 atom stereocenters. The van der Waals surface area contributed by atoms with Gasteiger partial charge in [-0.3, -0.25) is 0 Å². The minimum Gasteiger partial charge on any atom is -0.316 e. The smallest absolute Gasteiger partial charge is 0.316 e. The average molecular weight is 367 g/mol. The molecular formula is C15H22BrF3N2. The van der Waals surface area contributed by atoms with Gasteiger partial charge in [-0.25, -0.2) is 0 Å². The summed E-state index contributed by atoms with van der Waals surface area (Å²) in [6, 6.07) is 4.33. The van der Waals surface area contributed by atoms with Gasteiger partial charge in [-0.05, 0) is 49.7 Å². The molecule has 0 radical (unpaired) electrons. The fourth-order valence-electron chi connectivity index (χ4n) is 1.86. The lowest BCUT2D eigenvalue weighted by atomic mass is 10.1. The third kappa shape index (κ3) is 7.29. The van der Waals surface area contributed by atoms with Gasteiger partial charge in [0.25, 0.3) is 0 Å². The zero-order chi connectivity index (χ0) is 15.9. The summed E-state index contributed by atoms with van der Waals surface area (Å²) in [5.41, 5.74) is 0.0149. The first-order chi connectivity index (χ1) is 9.80. The van der Waals surface area contributed by atoms with Gasteiger partial charge in [0, 0.05) is 11.0 Å². The molecule has 0 amide bonds. The van der Waals surface area contributed by atoms with E-state index in [1.54, 1.807) is 6.07 Å². The summed E-state index contributed by atoms with van der Waals surface area (Å²) >= 11 is 2.94. The Morgan fingerprint density at radius 1 is 1.14 bits per heavy atom. The minimum atomic E-state index is -4.32. The molecule has 2 N–H and O–H groups in total. The molecule has 2 nitrogen and oxygen atoms in total. The Labute approximate surface area is 132 Å². The first-order valence-corrected chi connectivity index (χ1v) is 7.87. The third-order valence-corrected chi connectivity index (χ3v) is 3.62. The van der Waals surface area contributed by atoms with Gasteiger partial charge in [0.1, 0.15) is 0 Å². The van der Waals surface area contributed by atoms with E-state index in [-0.39, 0.29) is 4.47 Å². The van der Waals surface area contributed by atoms with Crippen LogP contribution < -0.4 is 10.6 Å². The molecule has 120 valence electrons. The van der Waals surface area contributed by atoms with Crippen molar-refractivity contribution in [1.82, 2.24) is 10.6 Å². The van der Waals surface area contributed by atoms with Crippen LogP contribution >= 0.6 is 15.9 Å². The number of alkyl halides is 3. The standard InChI is InChI=1S/C15H22BrF3N2/c1-11(2)9-20-6-3-7-21-10-12-4-5-14(16)13(8-12)15(17,18)19/h4-5,8,11,20-21H,3,6-7,9-10H2,1-2H3. The highest BCUT2D eigenvalue weighted by Crippen LogP contribution is 2.35. The molecule has 1 aromatic rings. The van der Waals surface area contributed by atoms with Crippen LogP contribution in [0.25, 0.3) is 0 Å².